The number of rotatable bonds is 5. The molecular formula is C18H22Cl2N4OS. The minimum atomic E-state index is 0. The number of benzene rings is 1. The van der Waals surface area contributed by atoms with Gasteiger partial charge in [0.15, 0.2) is 5.82 Å². The maximum Gasteiger partial charge on any atom is 0.151 e. The van der Waals surface area contributed by atoms with Crippen LogP contribution in [0.25, 0.3) is 21.3 Å². The van der Waals surface area contributed by atoms with Crippen LogP contribution < -0.4 is 5.32 Å². The van der Waals surface area contributed by atoms with E-state index in [9.17, 15) is 0 Å². The quantitative estimate of drug-likeness (QED) is 0.690. The molecule has 1 fully saturated rings. The minimum Gasteiger partial charge on any atom is -0.376 e. The van der Waals surface area contributed by atoms with Gasteiger partial charge in [0.1, 0.15) is 5.01 Å². The summed E-state index contributed by atoms with van der Waals surface area (Å²) < 4.78 is 7.97. The van der Waals surface area contributed by atoms with Crippen molar-refractivity contribution in [3.05, 3.63) is 48.9 Å². The highest BCUT2D eigenvalue weighted by Gasteiger charge is 2.15. The average Bonchev–Trinajstić information content (AvgIpc) is 3.31. The van der Waals surface area contributed by atoms with Gasteiger partial charge in [0.2, 0.25) is 0 Å². The fourth-order valence-electron chi connectivity index (χ4n) is 2.89. The summed E-state index contributed by atoms with van der Waals surface area (Å²) in [6.45, 7) is 3.59. The van der Waals surface area contributed by atoms with Crippen LogP contribution in [0.3, 0.4) is 0 Å². The van der Waals surface area contributed by atoms with E-state index in [2.05, 4.69) is 32.0 Å². The van der Waals surface area contributed by atoms with E-state index in [0.717, 1.165) is 53.9 Å². The molecule has 1 N–H and O–H groups in total. The highest BCUT2D eigenvalue weighted by atomic mass is 35.5. The Hall–Kier alpha value is -1.44. The molecule has 4 rings (SSSR count). The zero-order valence-corrected chi connectivity index (χ0v) is 16.7. The molecule has 2 aromatic heterocycles. The molecular weight excluding hydrogens is 391 g/mol. The monoisotopic (exact) mass is 412 g/mol. The molecule has 3 heterocycles. The van der Waals surface area contributed by atoms with E-state index in [1.165, 1.54) is 0 Å². The lowest BCUT2D eigenvalue weighted by Crippen LogP contribution is -2.38. The Morgan fingerprint density at radius 2 is 2.04 bits per heavy atom. The van der Waals surface area contributed by atoms with Gasteiger partial charge in [0, 0.05) is 43.8 Å². The van der Waals surface area contributed by atoms with E-state index < -0.39 is 0 Å². The third-order valence-electron chi connectivity index (χ3n) is 4.16. The van der Waals surface area contributed by atoms with Crippen LogP contribution in [-0.2, 0) is 11.3 Å². The Bertz CT molecular complexity index is 787. The second-order valence-corrected chi connectivity index (χ2v) is 6.86. The van der Waals surface area contributed by atoms with E-state index in [0.29, 0.717) is 0 Å². The van der Waals surface area contributed by atoms with Gasteiger partial charge in [-0.3, -0.25) is 0 Å². The van der Waals surface area contributed by atoms with Gasteiger partial charge in [0.05, 0.1) is 17.6 Å². The van der Waals surface area contributed by atoms with E-state index >= 15 is 0 Å². The molecule has 8 heteroatoms. The first-order chi connectivity index (χ1) is 11.9. The van der Waals surface area contributed by atoms with Crippen LogP contribution in [0, 0.1) is 0 Å². The predicted octanol–water partition coefficient (Wildman–Crippen LogP) is 3.90. The second kappa shape index (κ2) is 10.0. The van der Waals surface area contributed by atoms with Crippen molar-refractivity contribution in [2.24, 2.45) is 0 Å². The molecule has 1 aliphatic rings. The fraction of sp³-hybridized carbons (Fsp3) is 0.333. The lowest BCUT2D eigenvalue weighted by Gasteiger charge is -2.23. The SMILES string of the molecule is Cl.Cl.c1ccc(-c2ncc(-c3nccn3CCC3CNCCO3)s2)cc1. The molecule has 0 aliphatic carbocycles. The van der Waals surface area contributed by atoms with Gasteiger partial charge in [-0.05, 0) is 6.42 Å². The number of halogens is 2. The maximum atomic E-state index is 5.78. The molecule has 0 bridgehead atoms. The molecule has 1 atom stereocenters. The normalized spacial score (nSPS) is 16.5. The van der Waals surface area contributed by atoms with Crippen LogP contribution in [0.5, 0.6) is 0 Å². The van der Waals surface area contributed by atoms with Crippen molar-refractivity contribution in [1.29, 1.82) is 0 Å². The van der Waals surface area contributed by atoms with Crippen LogP contribution >= 0.6 is 36.2 Å². The molecule has 0 saturated carbocycles. The minimum absolute atomic E-state index is 0. The Kier molecular flexibility index (Phi) is 8.06. The van der Waals surface area contributed by atoms with Crippen molar-refractivity contribution < 1.29 is 4.74 Å². The van der Waals surface area contributed by atoms with Crippen LogP contribution in [0.1, 0.15) is 6.42 Å². The molecule has 1 saturated heterocycles. The molecule has 1 unspecified atom stereocenters. The lowest BCUT2D eigenvalue weighted by atomic mass is 10.2. The van der Waals surface area contributed by atoms with Gasteiger partial charge < -0.3 is 14.6 Å². The molecule has 1 aliphatic heterocycles. The van der Waals surface area contributed by atoms with Gasteiger partial charge in [-0.25, -0.2) is 9.97 Å². The zero-order valence-electron chi connectivity index (χ0n) is 14.2. The third kappa shape index (κ3) is 4.84. The van der Waals surface area contributed by atoms with Crippen molar-refractivity contribution in [1.82, 2.24) is 19.9 Å². The molecule has 26 heavy (non-hydrogen) atoms. The van der Waals surface area contributed by atoms with Crippen LogP contribution in [0.2, 0.25) is 0 Å². The molecule has 3 aromatic rings. The zero-order chi connectivity index (χ0) is 16.2. The Morgan fingerprint density at radius 1 is 1.19 bits per heavy atom. The van der Waals surface area contributed by atoms with Crippen LogP contribution in [0.15, 0.2) is 48.9 Å². The van der Waals surface area contributed by atoms with Crippen molar-refractivity contribution in [2.75, 3.05) is 19.7 Å². The average molecular weight is 413 g/mol. The summed E-state index contributed by atoms with van der Waals surface area (Å²) in [5, 5.41) is 4.40. The van der Waals surface area contributed by atoms with Gasteiger partial charge in [-0.1, -0.05) is 30.3 Å². The summed E-state index contributed by atoms with van der Waals surface area (Å²) in [7, 11) is 0. The number of nitrogens with one attached hydrogen (secondary N) is 1. The number of nitrogens with zero attached hydrogens (tertiary/aromatic N) is 3. The summed E-state index contributed by atoms with van der Waals surface area (Å²) in [5.74, 6) is 0.985. The molecule has 5 nitrogen and oxygen atoms in total. The molecule has 140 valence electrons. The van der Waals surface area contributed by atoms with Gasteiger partial charge in [0.25, 0.3) is 0 Å². The molecule has 0 amide bonds. The number of aromatic nitrogens is 3. The van der Waals surface area contributed by atoms with Crippen LogP contribution in [0.4, 0.5) is 0 Å². The van der Waals surface area contributed by atoms with E-state index in [1.807, 2.05) is 36.8 Å². The first-order valence-corrected chi connectivity index (χ1v) is 9.07. The molecule has 1 aromatic carbocycles. The number of morpholine rings is 1. The van der Waals surface area contributed by atoms with Gasteiger partial charge in [-0.2, -0.15) is 0 Å². The number of ether oxygens (including phenoxy) is 1. The summed E-state index contributed by atoms with van der Waals surface area (Å²) in [5.41, 5.74) is 1.15. The number of hydrogen-bond acceptors (Lipinski definition) is 5. The van der Waals surface area contributed by atoms with Gasteiger partial charge >= 0.3 is 0 Å². The highest BCUT2D eigenvalue weighted by molar-refractivity contribution is 7.18. The summed E-state index contributed by atoms with van der Waals surface area (Å²) in [6.07, 6.45) is 7.09. The highest BCUT2D eigenvalue weighted by Crippen LogP contribution is 2.31. The lowest BCUT2D eigenvalue weighted by molar-refractivity contribution is 0.0211. The number of thiazole rings is 1. The van der Waals surface area contributed by atoms with Crippen LogP contribution in [-0.4, -0.2) is 40.3 Å². The number of hydrogen-bond donors (Lipinski definition) is 1. The Morgan fingerprint density at radius 3 is 2.81 bits per heavy atom. The summed E-state index contributed by atoms with van der Waals surface area (Å²) >= 11 is 1.68. The van der Waals surface area contributed by atoms with E-state index in [1.54, 1.807) is 11.3 Å². The molecule has 0 spiro atoms. The van der Waals surface area contributed by atoms with Crippen molar-refractivity contribution >= 4 is 36.2 Å². The third-order valence-corrected chi connectivity index (χ3v) is 5.20. The fourth-order valence-corrected chi connectivity index (χ4v) is 3.83. The van der Waals surface area contributed by atoms with E-state index in [4.69, 9.17) is 4.74 Å². The predicted molar refractivity (Wildman–Crippen MR) is 110 cm³/mol. The second-order valence-electron chi connectivity index (χ2n) is 5.83. The standard InChI is InChI=1S/C18H20N4OS.2ClH/c1-2-4-14(5-3-1)18-21-13-16(24-18)17-20-7-10-22(17)9-6-15-12-19-8-11-23-15;;/h1-5,7,10,13,15,19H,6,8-9,11-12H2;2*1H. The van der Waals surface area contributed by atoms with Crippen molar-refractivity contribution in [3.63, 3.8) is 0 Å². The van der Waals surface area contributed by atoms with E-state index in [-0.39, 0.29) is 30.9 Å². The molecule has 0 radical (unpaired) electrons. The Labute approximate surface area is 169 Å². The van der Waals surface area contributed by atoms with Crippen molar-refractivity contribution in [3.8, 4) is 21.3 Å². The summed E-state index contributed by atoms with van der Waals surface area (Å²) in [6, 6.07) is 10.3. The van der Waals surface area contributed by atoms with Crippen molar-refractivity contribution in [2.45, 2.75) is 19.1 Å². The smallest absolute Gasteiger partial charge is 0.151 e. The van der Waals surface area contributed by atoms with Gasteiger partial charge in [-0.15, -0.1) is 36.2 Å². The summed E-state index contributed by atoms with van der Waals surface area (Å²) in [4.78, 5) is 10.2. The first-order valence-electron chi connectivity index (χ1n) is 8.25. The first kappa shape index (κ1) is 20.9. The topological polar surface area (TPSA) is 52.0 Å². The Balaban J connectivity index is 0.00000121. The largest absolute Gasteiger partial charge is 0.376 e. The maximum absolute atomic E-state index is 5.78. The number of imidazole rings is 1. The number of aryl methyl sites for hydroxylation is 1.